The van der Waals surface area contributed by atoms with Crippen LogP contribution in [0.15, 0.2) is 0 Å². The normalized spacial score (nSPS) is 33.8. The molecule has 0 saturated carbocycles. The highest BCUT2D eigenvalue weighted by atomic mass is 16.3. The molecule has 3 rings (SSSR count). The number of rotatable bonds is 2. The minimum Gasteiger partial charge on any atom is -0.388 e. The lowest BCUT2D eigenvalue weighted by Crippen LogP contribution is -2.65. The topological polar surface area (TPSA) is 64.1 Å². The average Bonchev–Trinajstić information content (AvgIpc) is 2.67. The van der Waals surface area contributed by atoms with Crippen molar-refractivity contribution in [2.45, 2.75) is 76.0 Å². The van der Waals surface area contributed by atoms with Crippen LogP contribution in [0.1, 0.15) is 58.8 Å². The Bertz CT molecular complexity index is 530. The van der Waals surface area contributed by atoms with Gasteiger partial charge in [0.15, 0.2) is 0 Å². The first-order chi connectivity index (χ1) is 11.8. The van der Waals surface area contributed by atoms with Gasteiger partial charge in [-0.1, -0.05) is 0 Å². The summed E-state index contributed by atoms with van der Waals surface area (Å²) >= 11 is 0. The molecule has 0 aromatic rings. The Morgan fingerprint density at radius 2 is 1.88 bits per heavy atom. The monoisotopic (exact) mass is 351 g/mol. The molecule has 0 aromatic heterocycles. The number of nitrogens with zero attached hydrogens (tertiary/aromatic N) is 3. The van der Waals surface area contributed by atoms with Gasteiger partial charge in [-0.15, -0.1) is 0 Å². The van der Waals surface area contributed by atoms with Crippen molar-refractivity contribution in [1.82, 2.24) is 14.7 Å². The molecule has 0 aliphatic carbocycles. The summed E-state index contributed by atoms with van der Waals surface area (Å²) in [6, 6.07) is 0.313. The smallest absolute Gasteiger partial charge is 0.222 e. The molecular weight excluding hydrogens is 318 g/mol. The summed E-state index contributed by atoms with van der Waals surface area (Å²) in [5.41, 5.74) is -0.860. The Labute approximate surface area is 151 Å². The molecule has 0 aromatic carbocycles. The fourth-order valence-corrected chi connectivity index (χ4v) is 5.10. The van der Waals surface area contributed by atoms with Gasteiger partial charge in [0.1, 0.15) is 0 Å². The molecule has 142 valence electrons. The number of likely N-dealkylation sites (tertiary alicyclic amines) is 3. The summed E-state index contributed by atoms with van der Waals surface area (Å²) in [6.45, 7) is 6.73. The third kappa shape index (κ3) is 3.56. The molecule has 3 heterocycles. The molecule has 25 heavy (non-hydrogen) atoms. The van der Waals surface area contributed by atoms with Crippen molar-refractivity contribution < 1.29 is 14.7 Å². The number of β-amino-alcohol motifs (C(OH)–C–C–N with tert-alkyl or cyclic N) is 1. The summed E-state index contributed by atoms with van der Waals surface area (Å²) in [7, 11) is 1.95. The van der Waals surface area contributed by atoms with E-state index in [0.29, 0.717) is 44.9 Å². The van der Waals surface area contributed by atoms with Gasteiger partial charge in [-0.25, -0.2) is 0 Å². The molecule has 2 amide bonds. The lowest BCUT2D eigenvalue weighted by Gasteiger charge is -2.53. The minimum atomic E-state index is -0.723. The van der Waals surface area contributed by atoms with Gasteiger partial charge < -0.3 is 14.9 Å². The molecule has 3 fully saturated rings. The van der Waals surface area contributed by atoms with Crippen LogP contribution in [0.2, 0.25) is 0 Å². The molecule has 0 bridgehead atoms. The van der Waals surface area contributed by atoms with Gasteiger partial charge >= 0.3 is 0 Å². The van der Waals surface area contributed by atoms with Crippen LogP contribution in [0.3, 0.4) is 0 Å². The van der Waals surface area contributed by atoms with Crippen LogP contribution >= 0.6 is 0 Å². The van der Waals surface area contributed by atoms with Crippen LogP contribution in [0.4, 0.5) is 0 Å². The van der Waals surface area contributed by atoms with Crippen molar-refractivity contribution >= 4 is 11.8 Å². The first-order valence-corrected chi connectivity index (χ1v) is 9.74. The molecule has 6 heteroatoms. The van der Waals surface area contributed by atoms with Crippen molar-refractivity contribution in [3.05, 3.63) is 0 Å². The van der Waals surface area contributed by atoms with E-state index in [2.05, 4.69) is 11.8 Å². The summed E-state index contributed by atoms with van der Waals surface area (Å²) < 4.78 is 0. The van der Waals surface area contributed by atoms with Crippen molar-refractivity contribution in [2.75, 3.05) is 33.2 Å². The second-order valence-corrected chi connectivity index (χ2v) is 8.52. The number of aliphatic hydroxyl groups is 1. The lowest BCUT2D eigenvalue weighted by molar-refractivity contribution is -0.140. The predicted molar refractivity (Wildman–Crippen MR) is 96.1 cm³/mol. The maximum Gasteiger partial charge on any atom is 0.222 e. The van der Waals surface area contributed by atoms with Crippen LogP contribution in [0.25, 0.3) is 0 Å². The van der Waals surface area contributed by atoms with Gasteiger partial charge in [0.2, 0.25) is 11.8 Å². The van der Waals surface area contributed by atoms with Crippen molar-refractivity contribution in [3.8, 4) is 0 Å². The molecule has 0 spiro atoms. The average molecular weight is 351 g/mol. The van der Waals surface area contributed by atoms with E-state index in [1.54, 1.807) is 6.92 Å². The van der Waals surface area contributed by atoms with E-state index in [1.807, 2.05) is 16.8 Å². The molecule has 3 aliphatic rings. The van der Waals surface area contributed by atoms with Gasteiger partial charge in [-0.3, -0.25) is 14.5 Å². The zero-order valence-corrected chi connectivity index (χ0v) is 16.0. The van der Waals surface area contributed by atoms with E-state index in [-0.39, 0.29) is 17.4 Å². The Balaban J connectivity index is 1.72. The Morgan fingerprint density at radius 1 is 1.20 bits per heavy atom. The molecule has 0 unspecified atom stereocenters. The second-order valence-electron chi connectivity index (χ2n) is 8.52. The summed E-state index contributed by atoms with van der Waals surface area (Å²) in [5.74, 6) is 0.344. The van der Waals surface area contributed by atoms with Gasteiger partial charge in [-0.05, 0) is 52.0 Å². The highest BCUT2D eigenvalue weighted by Crippen LogP contribution is 2.39. The third-order valence-corrected chi connectivity index (χ3v) is 6.93. The number of hydrogen-bond acceptors (Lipinski definition) is 4. The zero-order chi connectivity index (χ0) is 18.2. The van der Waals surface area contributed by atoms with Gasteiger partial charge in [0.25, 0.3) is 0 Å². The molecule has 0 radical (unpaired) electrons. The molecule has 1 N–H and O–H groups in total. The summed E-state index contributed by atoms with van der Waals surface area (Å²) in [6.07, 6.45) is 5.95. The number of amides is 2. The van der Waals surface area contributed by atoms with Crippen LogP contribution in [0.5, 0.6) is 0 Å². The highest BCUT2D eigenvalue weighted by molar-refractivity contribution is 5.77. The van der Waals surface area contributed by atoms with E-state index in [1.165, 1.54) is 0 Å². The first kappa shape index (κ1) is 18.6. The van der Waals surface area contributed by atoms with Gasteiger partial charge in [0.05, 0.1) is 11.1 Å². The highest BCUT2D eigenvalue weighted by Gasteiger charge is 2.48. The number of likely N-dealkylation sites (N-methyl/N-ethyl adjacent to an activating group) is 1. The van der Waals surface area contributed by atoms with Crippen LogP contribution in [0, 0.1) is 0 Å². The number of fused-ring (bicyclic) bond motifs is 1. The van der Waals surface area contributed by atoms with E-state index in [4.69, 9.17) is 0 Å². The SMILES string of the molecule is CC(=O)N1CCC(O)(CN2CCC[C@@]3(C)[C@@H]2CCCC(=O)N3C)CC1. The molecule has 2 atom stereocenters. The van der Waals surface area contributed by atoms with E-state index >= 15 is 0 Å². The standard InChI is InChI=1S/C19H33N3O3/c1-15(23)21-12-9-19(25,10-13-21)14-22-11-5-8-18(2)16(22)6-4-7-17(24)20(18)3/h16,25H,4-14H2,1-3H3/t16-,18-/m0/s1. The zero-order valence-electron chi connectivity index (χ0n) is 16.0. The second kappa shape index (κ2) is 6.88. The first-order valence-electron chi connectivity index (χ1n) is 9.74. The van der Waals surface area contributed by atoms with Crippen LogP contribution < -0.4 is 0 Å². The minimum absolute atomic E-state index is 0.0940. The molecular formula is C19H33N3O3. The van der Waals surface area contributed by atoms with E-state index < -0.39 is 5.60 Å². The molecule has 3 aliphatic heterocycles. The molecule has 3 saturated heterocycles. The van der Waals surface area contributed by atoms with Crippen molar-refractivity contribution in [3.63, 3.8) is 0 Å². The largest absolute Gasteiger partial charge is 0.388 e. The van der Waals surface area contributed by atoms with Gasteiger partial charge in [0, 0.05) is 46.1 Å². The summed E-state index contributed by atoms with van der Waals surface area (Å²) in [5, 5.41) is 11.1. The quantitative estimate of drug-likeness (QED) is 0.813. The maximum atomic E-state index is 12.4. The van der Waals surface area contributed by atoms with Crippen molar-refractivity contribution in [2.24, 2.45) is 0 Å². The Hall–Kier alpha value is -1.14. The Morgan fingerprint density at radius 3 is 2.52 bits per heavy atom. The van der Waals surface area contributed by atoms with Gasteiger partial charge in [-0.2, -0.15) is 0 Å². The lowest BCUT2D eigenvalue weighted by atomic mass is 9.78. The van der Waals surface area contributed by atoms with E-state index in [0.717, 1.165) is 32.2 Å². The predicted octanol–water partition coefficient (Wildman–Crippen LogP) is 1.23. The van der Waals surface area contributed by atoms with Crippen LogP contribution in [-0.4, -0.2) is 82.0 Å². The Kier molecular flexibility index (Phi) is 5.13. The van der Waals surface area contributed by atoms with E-state index in [9.17, 15) is 14.7 Å². The van der Waals surface area contributed by atoms with Crippen LogP contribution in [-0.2, 0) is 9.59 Å². The maximum absolute atomic E-state index is 12.4. The number of carbonyl (C=O) groups excluding carboxylic acids is 2. The number of carbonyl (C=O) groups is 2. The third-order valence-electron chi connectivity index (χ3n) is 6.93. The number of hydrogen-bond donors (Lipinski definition) is 1. The van der Waals surface area contributed by atoms with Crippen molar-refractivity contribution in [1.29, 1.82) is 0 Å². The summed E-state index contributed by atoms with van der Waals surface area (Å²) in [4.78, 5) is 30.1. The molecule has 6 nitrogen and oxygen atoms in total. The number of piperidine rings is 2. The fourth-order valence-electron chi connectivity index (χ4n) is 5.10. The fraction of sp³-hybridized carbons (Fsp3) is 0.895.